The molecule has 1 aliphatic carbocycles. The number of fused-ring (bicyclic) bond motifs is 1. The van der Waals surface area contributed by atoms with Crippen molar-refractivity contribution in [3.8, 4) is 0 Å². The van der Waals surface area contributed by atoms with Gasteiger partial charge in [0.15, 0.2) is 5.78 Å². The second-order valence-corrected chi connectivity index (χ2v) is 8.47. The maximum atomic E-state index is 13.0. The Morgan fingerprint density at radius 2 is 2.24 bits per heavy atom. The molecule has 2 aliphatic rings. The third-order valence-electron chi connectivity index (χ3n) is 4.59. The number of carbonyl (C=O) groups is 1. The first-order valence-electron chi connectivity index (χ1n) is 8.51. The smallest absolute Gasteiger partial charge is 0.227 e. The normalized spacial score (nSPS) is 21.6. The summed E-state index contributed by atoms with van der Waals surface area (Å²) in [5.41, 5.74) is 2.69. The largest absolute Gasteiger partial charge is 0.328 e. The van der Waals surface area contributed by atoms with E-state index in [1.807, 2.05) is 23.0 Å². The molecule has 1 atom stereocenters. The van der Waals surface area contributed by atoms with Gasteiger partial charge in [0, 0.05) is 30.1 Å². The molecule has 6 nitrogen and oxygen atoms in total. The molecule has 0 aromatic carbocycles. The van der Waals surface area contributed by atoms with E-state index in [0.29, 0.717) is 12.4 Å². The number of allylic oxidation sites excluding steroid dienone is 2. The molecule has 0 radical (unpaired) electrons. The van der Waals surface area contributed by atoms with Gasteiger partial charge >= 0.3 is 0 Å². The molecule has 0 amide bonds. The highest BCUT2D eigenvalue weighted by atomic mass is 32.2. The number of thioether (sulfide) groups is 1. The van der Waals surface area contributed by atoms with Gasteiger partial charge in [-0.3, -0.25) is 9.78 Å². The first-order chi connectivity index (χ1) is 12.0. The van der Waals surface area contributed by atoms with Gasteiger partial charge in [-0.25, -0.2) is 4.68 Å². The van der Waals surface area contributed by atoms with Gasteiger partial charge in [-0.2, -0.15) is 4.98 Å². The molecule has 7 heteroatoms. The van der Waals surface area contributed by atoms with Crippen LogP contribution in [0.1, 0.15) is 45.2 Å². The number of Topliss-reactive ketones (excluding diaryl/α,β-unsaturated/α-hetero) is 1. The summed E-state index contributed by atoms with van der Waals surface area (Å²) in [5, 5.41) is 8.76. The van der Waals surface area contributed by atoms with Gasteiger partial charge in [-0.1, -0.05) is 38.6 Å². The van der Waals surface area contributed by atoms with Crippen LogP contribution in [0.5, 0.6) is 0 Å². The predicted octanol–water partition coefficient (Wildman–Crippen LogP) is 3.44. The number of hydrogen-bond donors (Lipinski definition) is 1. The first-order valence-corrected chi connectivity index (χ1v) is 9.49. The second-order valence-electron chi connectivity index (χ2n) is 7.24. The van der Waals surface area contributed by atoms with Crippen LogP contribution in [0.15, 0.2) is 41.0 Å². The summed E-state index contributed by atoms with van der Waals surface area (Å²) in [6, 6.07) is 3.63. The summed E-state index contributed by atoms with van der Waals surface area (Å²) in [7, 11) is 0. The van der Waals surface area contributed by atoms with Crippen LogP contribution in [0.4, 0.5) is 5.95 Å². The highest BCUT2D eigenvalue weighted by molar-refractivity contribution is 7.99. The molecular weight excluding hydrogens is 334 g/mol. The summed E-state index contributed by atoms with van der Waals surface area (Å²) >= 11 is 1.60. The average Bonchev–Trinajstić information content (AvgIpc) is 2.95. The van der Waals surface area contributed by atoms with Crippen LogP contribution in [0, 0.1) is 5.41 Å². The Kier molecular flexibility index (Phi) is 3.91. The summed E-state index contributed by atoms with van der Waals surface area (Å²) in [6.07, 6.45) is 4.93. The van der Waals surface area contributed by atoms with E-state index in [2.05, 4.69) is 41.2 Å². The van der Waals surface area contributed by atoms with E-state index >= 15 is 0 Å². The predicted molar refractivity (Wildman–Crippen MR) is 97.5 cm³/mol. The number of hydrogen-bond acceptors (Lipinski definition) is 6. The van der Waals surface area contributed by atoms with E-state index in [0.717, 1.165) is 34.2 Å². The molecule has 0 spiro atoms. The standard InChI is InChI=1S/C18H21N5OS/c1-4-25-17-21-16-20-12-8-18(2,3)9-13(24)14(12)15(23(16)22-17)11-6-5-7-19-10-11/h5-7,10,15H,4,8-9H2,1-3H3,(H,20,21,22)/t15-/m1/s1. The Bertz CT molecular complexity index is 856. The molecule has 0 fully saturated rings. The van der Waals surface area contributed by atoms with E-state index in [1.165, 1.54) is 0 Å². The number of ketones is 1. The number of pyridine rings is 1. The van der Waals surface area contributed by atoms with Crippen molar-refractivity contribution in [3.63, 3.8) is 0 Å². The lowest BCUT2D eigenvalue weighted by Crippen LogP contribution is -2.36. The van der Waals surface area contributed by atoms with Crippen molar-refractivity contribution in [3.05, 3.63) is 41.4 Å². The molecule has 1 aliphatic heterocycles. The van der Waals surface area contributed by atoms with Crippen molar-refractivity contribution < 1.29 is 4.79 Å². The van der Waals surface area contributed by atoms with Crippen molar-refractivity contribution in [2.75, 3.05) is 11.1 Å². The fourth-order valence-corrected chi connectivity index (χ4v) is 4.18. The Morgan fingerprint density at radius 3 is 2.96 bits per heavy atom. The molecule has 2 aromatic heterocycles. The van der Waals surface area contributed by atoms with Crippen LogP contribution < -0.4 is 5.32 Å². The van der Waals surface area contributed by atoms with Crippen LogP contribution in [0.2, 0.25) is 0 Å². The zero-order valence-corrected chi connectivity index (χ0v) is 15.4. The Balaban J connectivity index is 1.88. The fraction of sp³-hybridized carbons (Fsp3) is 0.444. The highest BCUT2D eigenvalue weighted by Gasteiger charge is 2.41. The van der Waals surface area contributed by atoms with Gasteiger partial charge in [0.1, 0.15) is 6.04 Å². The summed E-state index contributed by atoms with van der Waals surface area (Å²) in [4.78, 5) is 21.8. The van der Waals surface area contributed by atoms with Crippen molar-refractivity contribution >= 4 is 23.5 Å². The maximum Gasteiger partial charge on any atom is 0.227 e. The molecule has 130 valence electrons. The molecule has 3 heterocycles. The van der Waals surface area contributed by atoms with E-state index in [1.54, 1.807) is 18.0 Å². The third-order valence-corrected chi connectivity index (χ3v) is 5.31. The van der Waals surface area contributed by atoms with Gasteiger partial charge in [0.25, 0.3) is 0 Å². The molecule has 0 saturated heterocycles. The minimum absolute atomic E-state index is 0.0500. The minimum Gasteiger partial charge on any atom is -0.328 e. The van der Waals surface area contributed by atoms with Gasteiger partial charge < -0.3 is 5.32 Å². The summed E-state index contributed by atoms with van der Waals surface area (Å²) in [6.45, 7) is 6.34. The number of rotatable bonds is 3. The van der Waals surface area contributed by atoms with E-state index in [4.69, 9.17) is 0 Å². The van der Waals surface area contributed by atoms with Crippen molar-refractivity contribution in [2.45, 2.75) is 44.8 Å². The van der Waals surface area contributed by atoms with Crippen LogP contribution in [-0.2, 0) is 4.79 Å². The molecule has 0 unspecified atom stereocenters. The first kappa shape index (κ1) is 16.3. The average molecular weight is 355 g/mol. The quantitative estimate of drug-likeness (QED) is 0.850. The van der Waals surface area contributed by atoms with Crippen LogP contribution in [0.3, 0.4) is 0 Å². The van der Waals surface area contributed by atoms with Crippen LogP contribution in [-0.4, -0.2) is 31.3 Å². The van der Waals surface area contributed by atoms with Crippen molar-refractivity contribution in [1.82, 2.24) is 19.7 Å². The topological polar surface area (TPSA) is 72.7 Å². The van der Waals surface area contributed by atoms with Gasteiger partial charge in [-0.15, -0.1) is 5.10 Å². The van der Waals surface area contributed by atoms with Gasteiger partial charge in [0.05, 0.1) is 0 Å². The number of carbonyl (C=O) groups excluding carboxylic acids is 1. The highest BCUT2D eigenvalue weighted by Crippen LogP contribution is 2.45. The van der Waals surface area contributed by atoms with E-state index in [-0.39, 0.29) is 17.2 Å². The van der Waals surface area contributed by atoms with Crippen LogP contribution in [0.25, 0.3) is 0 Å². The number of aromatic nitrogens is 4. The number of anilines is 1. The molecule has 0 saturated carbocycles. The minimum atomic E-state index is -0.262. The lowest BCUT2D eigenvalue weighted by molar-refractivity contribution is -0.118. The zero-order valence-electron chi connectivity index (χ0n) is 14.6. The molecular formula is C18H21N5OS. The summed E-state index contributed by atoms with van der Waals surface area (Å²) < 4.78 is 1.84. The number of nitrogens with zero attached hydrogens (tertiary/aromatic N) is 4. The van der Waals surface area contributed by atoms with Gasteiger partial charge in [0.2, 0.25) is 11.1 Å². The molecule has 1 N–H and O–H groups in total. The molecule has 4 rings (SSSR count). The van der Waals surface area contributed by atoms with Crippen molar-refractivity contribution in [2.24, 2.45) is 5.41 Å². The fourth-order valence-electron chi connectivity index (χ4n) is 3.63. The zero-order chi connectivity index (χ0) is 17.6. The SMILES string of the molecule is CCSc1nc2n(n1)[C@H](c1cccnc1)C1=C(CC(C)(C)CC1=O)N2. The lowest BCUT2D eigenvalue weighted by atomic mass is 9.73. The maximum absolute atomic E-state index is 13.0. The van der Waals surface area contributed by atoms with Gasteiger partial charge in [-0.05, 0) is 29.2 Å². The van der Waals surface area contributed by atoms with E-state index in [9.17, 15) is 4.79 Å². The Morgan fingerprint density at radius 1 is 1.40 bits per heavy atom. The van der Waals surface area contributed by atoms with Crippen LogP contribution >= 0.6 is 11.8 Å². The molecule has 0 bridgehead atoms. The molecule has 2 aromatic rings. The lowest BCUT2D eigenvalue weighted by Gasteiger charge is -2.38. The summed E-state index contributed by atoms with van der Waals surface area (Å²) in [5.74, 6) is 1.78. The third kappa shape index (κ3) is 2.86. The Labute approximate surface area is 151 Å². The second kappa shape index (κ2) is 5.98. The van der Waals surface area contributed by atoms with Crippen molar-refractivity contribution in [1.29, 1.82) is 0 Å². The molecule has 25 heavy (non-hydrogen) atoms. The monoisotopic (exact) mass is 355 g/mol. The Hall–Kier alpha value is -2.15. The number of nitrogens with one attached hydrogen (secondary N) is 1. The van der Waals surface area contributed by atoms with E-state index < -0.39 is 0 Å².